The molecule has 2 heteroatoms. The Morgan fingerprint density at radius 1 is 1.43 bits per heavy atom. The molecule has 0 atom stereocenters. The first kappa shape index (κ1) is 7.25. The van der Waals surface area contributed by atoms with Crippen LogP contribution in [-0.4, -0.2) is 6.61 Å². The van der Waals surface area contributed by atoms with Gasteiger partial charge in [-0.2, -0.15) is 0 Å². The molecule has 0 aromatic carbocycles. The highest BCUT2D eigenvalue weighted by atomic mass is 35.5. The van der Waals surface area contributed by atoms with Crippen molar-refractivity contribution in [3.8, 4) is 0 Å². The zero-order valence-corrected chi connectivity index (χ0v) is 5.37. The first-order chi connectivity index (χ1) is 3.41. The molecular weight excluding hydrogens is 112 g/mol. The first-order valence-corrected chi connectivity index (χ1v) is 2.96. The minimum Gasteiger partial charge on any atom is -0.279 e. The molecule has 0 aliphatic carbocycles. The summed E-state index contributed by atoms with van der Waals surface area (Å²) < 4.78 is 4.32. The van der Waals surface area contributed by atoms with Gasteiger partial charge in [0.05, 0.1) is 18.5 Å². The summed E-state index contributed by atoms with van der Waals surface area (Å²) >= 11 is 4.94. The van der Waals surface area contributed by atoms with E-state index >= 15 is 0 Å². The lowest BCUT2D eigenvalue weighted by molar-refractivity contribution is 0.337. The van der Waals surface area contributed by atoms with Gasteiger partial charge in [-0.15, -0.1) is 0 Å². The van der Waals surface area contributed by atoms with E-state index in [1.54, 1.807) is 0 Å². The highest BCUT2D eigenvalue weighted by Gasteiger charge is 1.81. The van der Waals surface area contributed by atoms with E-state index in [4.69, 9.17) is 11.9 Å². The van der Waals surface area contributed by atoms with Crippen molar-refractivity contribution in [2.45, 2.75) is 26.2 Å². The Balaban J connectivity index is 2.45. The summed E-state index contributed by atoms with van der Waals surface area (Å²) in [4.78, 5) is 0. The van der Waals surface area contributed by atoms with Crippen LogP contribution in [-0.2, 0) is 4.29 Å². The number of hydrogen-bond donors (Lipinski definition) is 0. The van der Waals surface area contributed by atoms with Crippen LogP contribution in [0.2, 0.25) is 0 Å². The van der Waals surface area contributed by atoms with Crippen LogP contribution in [0.3, 0.4) is 0 Å². The van der Waals surface area contributed by atoms with Crippen molar-refractivity contribution in [3.63, 3.8) is 0 Å². The third-order valence-corrected chi connectivity index (χ3v) is 0.979. The van der Waals surface area contributed by atoms with Gasteiger partial charge in [-0.25, -0.2) is 0 Å². The van der Waals surface area contributed by atoms with E-state index in [-0.39, 0.29) is 0 Å². The standard InChI is InChI=1S/C5H11ClO/c1-2-3-4-5-7-6/h2-5H2,1H3. The van der Waals surface area contributed by atoms with Crippen LogP contribution in [0, 0.1) is 0 Å². The lowest BCUT2D eigenvalue weighted by Crippen LogP contribution is -1.81. The Labute approximate surface area is 49.8 Å². The van der Waals surface area contributed by atoms with Gasteiger partial charge in [0, 0.05) is 0 Å². The maximum absolute atomic E-state index is 4.94. The van der Waals surface area contributed by atoms with E-state index in [2.05, 4.69) is 11.2 Å². The van der Waals surface area contributed by atoms with Crippen LogP contribution in [0.15, 0.2) is 0 Å². The normalized spacial score (nSPS) is 9.43. The van der Waals surface area contributed by atoms with Gasteiger partial charge >= 0.3 is 0 Å². The molecule has 0 aromatic heterocycles. The predicted octanol–water partition coefficient (Wildman–Crippen LogP) is 2.35. The molecule has 0 heterocycles. The number of unbranched alkanes of at least 4 members (excludes halogenated alkanes) is 2. The van der Waals surface area contributed by atoms with Gasteiger partial charge in [0.2, 0.25) is 0 Å². The van der Waals surface area contributed by atoms with Gasteiger partial charge in [-0.05, 0) is 6.42 Å². The molecule has 1 nitrogen and oxygen atoms in total. The number of halogens is 1. The first-order valence-electron chi connectivity index (χ1n) is 2.65. The summed E-state index contributed by atoms with van der Waals surface area (Å²) in [7, 11) is 0. The van der Waals surface area contributed by atoms with Gasteiger partial charge in [-0.3, -0.25) is 4.29 Å². The van der Waals surface area contributed by atoms with Crippen molar-refractivity contribution in [1.29, 1.82) is 0 Å². The zero-order valence-electron chi connectivity index (χ0n) is 4.61. The van der Waals surface area contributed by atoms with Crippen LogP contribution < -0.4 is 0 Å². The summed E-state index contributed by atoms with van der Waals surface area (Å²) in [6.07, 6.45) is 3.52. The topological polar surface area (TPSA) is 9.23 Å². The van der Waals surface area contributed by atoms with Gasteiger partial charge in [0.25, 0.3) is 0 Å². The molecule has 0 fully saturated rings. The number of hydrogen-bond acceptors (Lipinski definition) is 1. The molecular formula is C5H11ClO. The highest BCUT2D eigenvalue weighted by molar-refractivity contribution is 6.07. The second kappa shape index (κ2) is 6.25. The predicted molar refractivity (Wildman–Crippen MR) is 31.3 cm³/mol. The van der Waals surface area contributed by atoms with Gasteiger partial charge in [0.1, 0.15) is 0 Å². The molecule has 0 unspecified atom stereocenters. The number of rotatable bonds is 4. The molecule has 0 saturated heterocycles. The second-order valence-electron chi connectivity index (χ2n) is 1.52. The van der Waals surface area contributed by atoms with E-state index in [1.807, 2.05) is 0 Å². The van der Waals surface area contributed by atoms with Crippen LogP contribution >= 0.6 is 11.9 Å². The fraction of sp³-hybridized carbons (Fsp3) is 1.00. The average molecular weight is 123 g/mol. The van der Waals surface area contributed by atoms with Crippen LogP contribution in [0.5, 0.6) is 0 Å². The van der Waals surface area contributed by atoms with Crippen LogP contribution in [0.25, 0.3) is 0 Å². The molecule has 0 amide bonds. The van der Waals surface area contributed by atoms with Gasteiger partial charge in [-0.1, -0.05) is 19.8 Å². The molecule has 44 valence electrons. The van der Waals surface area contributed by atoms with Crippen molar-refractivity contribution >= 4 is 11.9 Å². The quantitative estimate of drug-likeness (QED) is 0.520. The van der Waals surface area contributed by atoms with Crippen molar-refractivity contribution in [2.24, 2.45) is 0 Å². The Bertz CT molecular complexity index is 27.3. The average Bonchev–Trinajstić information content (AvgIpc) is 1.69. The largest absolute Gasteiger partial charge is 0.279 e. The van der Waals surface area contributed by atoms with Crippen LogP contribution in [0.1, 0.15) is 26.2 Å². The lowest BCUT2D eigenvalue weighted by Gasteiger charge is -1.90. The van der Waals surface area contributed by atoms with Crippen molar-refractivity contribution in [2.75, 3.05) is 6.61 Å². The summed E-state index contributed by atoms with van der Waals surface area (Å²) in [6, 6.07) is 0. The van der Waals surface area contributed by atoms with Gasteiger partial charge < -0.3 is 0 Å². The highest BCUT2D eigenvalue weighted by Crippen LogP contribution is 1.94. The fourth-order valence-electron chi connectivity index (χ4n) is 0.407. The molecule has 7 heavy (non-hydrogen) atoms. The minimum atomic E-state index is 0.690. The van der Waals surface area contributed by atoms with Crippen molar-refractivity contribution in [1.82, 2.24) is 0 Å². The summed E-state index contributed by atoms with van der Waals surface area (Å²) in [5.74, 6) is 0. The fourth-order valence-corrected chi connectivity index (χ4v) is 0.516. The van der Waals surface area contributed by atoms with E-state index in [0.717, 1.165) is 6.42 Å². The SMILES string of the molecule is CCCCCOCl. The third kappa shape index (κ3) is 6.25. The molecule has 0 spiro atoms. The Kier molecular flexibility index (Phi) is 6.47. The molecule has 0 saturated carbocycles. The summed E-state index contributed by atoms with van der Waals surface area (Å²) in [5.41, 5.74) is 0. The summed E-state index contributed by atoms with van der Waals surface area (Å²) in [5, 5.41) is 0. The molecule has 0 aliphatic heterocycles. The Morgan fingerprint density at radius 3 is 2.57 bits per heavy atom. The lowest BCUT2D eigenvalue weighted by atomic mass is 10.3. The third-order valence-electron chi connectivity index (χ3n) is 0.825. The molecule has 0 aromatic rings. The van der Waals surface area contributed by atoms with Crippen molar-refractivity contribution in [3.05, 3.63) is 0 Å². The molecule has 0 N–H and O–H groups in total. The van der Waals surface area contributed by atoms with Gasteiger partial charge in [0.15, 0.2) is 0 Å². The second-order valence-corrected chi connectivity index (χ2v) is 1.74. The van der Waals surface area contributed by atoms with E-state index in [0.29, 0.717) is 6.61 Å². The molecule has 0 rings (SSSR count). The Morgan fingerprint density at radius 2 is 2.14 bits per heavy atom. The maximum Gasteiger partial charge on any atom is 0.0682 e. The van der Waals surface area contributed by atoms with E-state index in [9.17, 15) is 0 Å². The molecule has 0 radical (unpaired) electrons. The minimum absolute atomic E-state index is 0.690. The summed E-state index contributed by atoms with van der Waals surface area (Å²) in [6.45, 7) is 2.84. The zero-order chi connectivity index (χ0) is 5.54. The molecule has 0 bridgehead atoms. The monoisotopic (exact) mass is 122 g/mol. The van der Waals surface area contributed by atoms with Crippen molar-refractivity contribution < 1.29 is 4.29 Å². The molecule has 0 aliphatic rings. The van der Waals surface area contributed by atoms with E-state index in [1.165, 1.54) is 12.8 Å². The smallest absolute Gasteiger partial charge is 0.0682 e. The van der Waals surface area contributed by atoms with Crippen LogP contribution in [0.4, 0.5) is 0 Å². The maximum atomic E-state index is 4.94. The van der Waals surface area contributed by atoms with E-state index < -0.39 is 0 Å². The Hall–Kier alpha value is 0.250.